The molecule has 2 amide bonds. The van der Waals surface area contributed by atoms with Gasteiger partial charge < -0.3 is 25.0 Å². The molecule has 3 N–H and O–H groups in total. The molecule has 214 valence electrons. The lowest BCUT2D eigenvalue weighted by atomic mass is 10.2. The van der Waals surface area contributed by atoms with Crippen LogP contribution in [0.15, 0.2) is 65.4 Å². The lowest BCUT2D eigenvalue weighted by Crippen LogP contribution is -2.34. The summed E-state index contributed by atoms with van der Waals surface area (Å²) in [5.74, 6) is 0.0198. The van der Waals surface area contributed by atoms with Gasteiger partial charge in [0, 0.05) is 23.0 Å². The maximum Gasteiger partial charge on any atom is 0.240 e. The highest BCUT2D eigenvalue weighted by Gasteiger charge is 2.22. The number of hydrogen-bond acceptors (Lipinski definition) is 9. The number of imidazole rings is 1. The number of anilines is 1. The molecule has 11 nitrogen and oxygen atoms in total. The van der Waals surface area contributed by atoms with Crippen molar-refractivity contribution in [1.82, 2.24) is 29.7 Å². The Hall–Kier alpha value is -4.46. The SMILES string of the molecule is CNCc1ccon1.Cc1nsc2ccccc12.Fc1ccc(Cl)cc1.O=CNc1nc(C=O)n2c1CNC(=O)C2. The molecule has 0 radical (unpaired) electrons. The molecule has 14 heteroatoms. The number of rotatable bonds is 5. The predicted octanol–water partition coefficient (Wildman–Crippen LogP) is 4.37. The van der Waals surface area contributed by atoms with Crippen molar-refractivity contribution in [3.05, 3.63) is 94.6 Å². The number of carbonyl (C=O) groups excluding carboxylic acids is 3. The zero-order chi connectivity index (χ0) is 29.6. The number of carbonyl (C=O) groups is 3. The lowest BCUT2D eigenvalue weighted by molar-refractivity contribution is -0.122. The van der Waals surface area contributed by atoms with Gasteiger partial charge in [0.05, 0.1) is 28.3 Å². The molecule has 6 rings (SSSR count). The summed E-state index contributed by atoms with van der Waals surface area (Å²) in [5.41, 5.74) is 2.71. The topological polar surface area (TPSA) is 144 Å². The number of aryl methyl sites for hydroxylation is 1. The molecule has 0 atom stereocenters. The molecule has 41 heavy (non-hydrogen) atoms. The molecular formula is C27H27ClFN7O4S. The van der Waals surface area contributed by atoms with E-state index in [0.29, 0.717) is 29.2 Å². The minimum atomic E-state index is -0.255. The standard InChI is InChI=1S/C8H8N4O3.C8H7NS.C6H4ClF.C5H8N2O/c13-3-6-11-8(10-4-14)5-1-9-7(15)2-12(5)6;1-6-7-4-2-3-5-8(7)10-9-6;7-5-1-3-6(8)4-2-5;1-6-4-5-2-3-8-7-5/h3-4H,1-2H2,(H,9,15)(H,10,14);2-5H,1H3;1-4H;2-3,6H,4H2,1H3. The van der Waals surface area contributed by atoms with Gasteiger partial charge in [0.25, 0.3) is 0 Å². The van der Waals surface area contributed by atoms with E-state index in [1.807, 2.05) is 32.2 Å². The summed E-state index contributed by atoms with van der Waals surface area (Å²) in [6, 6.07) is 15.8. The summed E-state index contributed by atoms with van der Waals surface area (Å²) in [5, 5.41) is 13.4. The van der Waals surface area contributed by atoms with Crippen molar-refractivity contribution in [2.75, 3.05) is 12.4 Å². The molecule has 1 aliphatic heterocycles. The number of hydrogen-bond donors (Lipinski definition) is 3. The quantitative estimate of drug-likeness (QED) is 0.253. The maximum absolute atomic E-state index is 12.0. The average molecular weight is 600 g/mol. The zero-order valence-electron chi connectivity index (χ0n) is 22.1. The Labute approximate surface area is 243 Å². The summed E-state index contributed by atoms with van der Waals surface area (Å²) in [6.45, 7) is 3.13. The van der Waals surface area contributed by atoms with Crippen molar-refractivity contribution in [3.8, 4) is 0 Å². The molecular weight excluding hydrogens is 573 g/mol. The monoisotopic (exact) mass is 599 g/mol. The summed E-state index contributed by atoms with van der Waals surface area (Å²) in [4.78, 5) is 35.9. The van der Waals surface area contributed by atoms with E-state index in [2.05, 4.69) is 47.1 Å². The van der Waals surface area contributed by atoms with Crippen LogP contribution in [0.2, 0.25) is 5.02 Å². The molecule has 0 saturated carbocycles. The van der Waals surface area contributed by atoms with E-state index in [9.17, 15) is 18.8 Å². The van der Waals surface area contributed by atoms with Crippen molar-refractivity contribution in [1.29, 1.82) is 0 Å². The molecule has 0 saturated heterocycles. The Morgan fingerprint density at radius 3 is 2.54 bits per heavy atom. The maximum atomic E-state index is 12.0. The first-order valence-electron chi connectivity index (χ1n) is 12.1. The number of aldehydes is 1. The number of nitrogens with one attached hydrogen (secondary N) is 3. The Bertz CT molecular complexity index is 1530. The third-order valence-electron chi connectivity index (χ3n) is 5.37. The van der Waals surface area contributed by atoms with Crippen LogP contribution < -0.4 is 16.0 Å². The number of fused-ring (bicyclic) bond motifs is 2. The normalized spacial score (nSPS) is 11.4. The third kappa shape index (κ3) is 9.31. The van der Waals surface area contributed by atoms with E-state index >= 15 is 0 Å². The van der Waals surface area contributed by atoms with Crippen LogP contribution in [0.5, 0.6) is 0 Å². The van der Waals surface area contributed by atoms with E-state index in [1.165, 1.54) is 38.9 Å². The van der Waals surface area contributed by atoms with Gasteiger partial charge in [-0.1, -0.05) is 35.0 Å². The minimum Gasteiger partial charge on any atom is -0.364 e. The lowest BCUT2D eigenvalue weighted by Gasteiger charge is -2.16. The fourth-order valence-electron chi connectivity index (χ4n) is 3.46. The largest absolute Gasteiger partial charge is 0.364 e. The van der Waals surface area contributed by atoms with Gasteiger partial charge in [-0.2, -0.15) is 4.37 Å². The molecule has 0 fully saturated rings. The van der Waals surface area contributed by atoms with Crippen molar-refractivity contribution >= 4 is 57.6 Å². The summed E-state index contributed by atoms with van der Waals surface area (Å²) >= 11 is 7.01. The fraction of sp³-hybridized carbons (Fsp3) is 0.185. The first-order chi connectivity index (χ1) is 19.9. The Morgan fingerprint density at radius 2 is 1.93 bits per heavy atom. The number of benzene rings is 2. The van der Waals surface area contributed by atoms with Crippen molar-refractivity contribution in [2.24, 2.45) is 0 Å². The number of halogens is 2. The van der Waals surface area contributed by atoms with Crippen LogP contribution in [0.3, 0.4) is 0 Å². The number of aromatic nitrogens is 4. The van der Waals surface area contributed by atoms with Crippen molar-refractivity contribution < 1.29 is 23.3 Å². The molecule has 0 bridgehead atoms. The van der Waals surface area contributed by atoms with E-state index in [-0.39, 0.29) is 30.6 Å². The van der Waals surface area contributed by atoms with Gasteiger partial charge in [-0.3, -0.25) is 14.4 Å². The second-order valence-corrected chi connectivity index (χ2v) is 9.47. The van der Waals surface area contributed by atoms with Gasteiger partial charge in [-0.15, -0.1) is 0 Å². The first kappa shape index (κ1) is 31.1. The van der Waals surface area contributed by atoms with E-state index in [1.54, 1.807) is 17.8 Å². The van der Waals surface area contributed by atoms with Crippen LogP contribution in [0.1, 0.15) is 27.7 Å². The van der Waals surface area contributed by atoms with Crippen LogP contribution in [-0.2, 0) is 29.2 Å². The smallest absolute Gasteiger partial charge is 0.240 e. The highest BCUT2D eigenvalue weighted by atomic mass is 35.5. The highest BCUT2D eigenvalue weighted by molar-refractivity contribution is 7.13. The minimum absolute atomic E-state index is 0.0525. The van der Waals surface area contributed by atoms with Gasteiger partial charge in [-0.25, -0.2) is 9.37 Å². The molecule has 0 spiro atoms. The molecule has 1 aliphatic rings. The summed E-state index contributed by atoms with van der Waals surface area (Å²) in [7, 11) is 1.87. The molecule has 3 aromatic heterocycles. The van der Waals surface area contributed by atoms with Gasteiger partial charge >= 0.3 is 0 Å². The Kier molecular flexibility index (Phi) is 12.1. The van der Waals surface area contributed by atoms with Gasteiger partial charge in [0.2, 0.25) is 12.3 Å². The third-order valence-corrected chi connectivity index (χ3v) is 6.54. The second-order valence-electron chi connectivity index (χ2n) is 8.23. The molecule has 5 aromatic rings. The number of amides is 2. The van der Waals surface area contributed by atoms with Crippen LogP contribution >= 0.6 is 23.1 Å². The van der Waals surface area contributed by atoms with Gasteiger partial charge in [0.15, 0.2) is 17.9 Å². The van der Waals surface area contributed by atoms with Crippen LogP contribution in [0, 0.1) is 12.7 Å². The van der Waals surface area contributed by atoms with Gasteiger partial charge in [0.1, 0.15) is 18.6 Å². The summed E-state index contributed by atoms with van der Waals surface area (Å²) in [6.07, 6.45) is 2.60. The number of nitrogens with zero attached hydrogens (tertiary/aromatic N) is 4. The molecule has 0 unspecified atom stereocenters. The molecule has 0 aliphatic carbocycles. The van der Waals surface area contributed by atoms with Crippen molar-refractivity contribution in [2.45, 2.75) is 26.6 Å². The van der Waals surface area contributed by atoms with Crippen LogP contribution in [0.25, 0.3) is 10.1 Å². The molecule has 4 heterocycles. The van der Waals surface area contributed by atoms with Gasteiger partial charge in [-0.05, 0) is 55.8 Å². The fourth-order valence-corrected chi connectivity index (χ4v) is 4.37. The van der Waals surface area contributed by atoms with Crippen LogP contribution in [0.4, 0.5) is 10.2 Å². The van der Waals surface area contributed by atoms with E-state index in [0.717, 1.165) is 17.9 Å². The average Bonchev–Trinajstić information content (AvgIpc) is 3.72. The van der Waals surface area contributed by atoms with E-state index in [4.69, 9.17) is 11.6 Å². The highest BCUT2D eigenvalue weighted by Crippen LogP contribution is 2.21. The van der Waals surface area contributed by atoms with Crippen molar-refractivity contribution in [3.63, 3.8) is 0 Å². The summed E-state index contributed by atoms with van der Waals surface area (Å²) < 4.78 is 23.6. The molecule has 2 aromatic carbocycles. The second kappa shape index (κ2) is 16.0. The van der Waals surface area contributed by atoms with E-state index < -0.39 is 0 Å². The van der Waals surface area contributed by atoms with Crippen LogP contribution in [-0.4, -0.2) is 44.7 Å². The Balaban J connectivity index is 0.000000156. The predicted molar refractivity (Wildman–Crippen MR) is 154 cm³/mol. The zero-order valence-corrected chi connectivity index (χ0v) is 23.7. The first-order valence-corrected chi connectivity index (χ1v) is 13.3. The Morgan fingerprint density at radius 1 is 1.17 bits per heavy atom.